The third-order valence-electron chi connectivity index (χ3n) is 2.70. The van der Waals surface area contributed by atoms with E-state index in [2.05, 4.69) is 20.5 Å². The standard InChI is InChI=1S/C12H14N6/c1-9-3-4-18-11(5-9)15-12(16-18)13-6-10-7-14-17(2)8-10/h3-5,7-8H,6H2,1-2H3,(H,13,16). The van der Waals surface area contributed by atoms with Crippen LogP contribution in [0.3, 0.4) is 0 Å². The van der Waals surface area contributed by atoms with Gasteiger partial charge in [-0.3, -0.25) is 4.68 Å². The summed E-state index contributed by atoms with van der Waals surface area (Å²) in [6.45, 7) is 2.71. The van der Waals surface area contributed by atoms with E-state index in [1.165, 1.54) is 5.56 Å². The van der Waals surface area contributed by atoms with Gasteiger partial charge in [0.25, 0.3) is 0 Å². The summed E-state index contributed by atoms with van der Waals surface area (Å²) >= 11 is 0. The molecule has 0 bridgehead atoms. The van der Waals surface area contributed by atoms with Gasteiger partial charge in [-0.1, -0.05) is 0 Å². The second-order valence-corrected chi connectivity index (χ2v) is 4.32. The van der Waals surface area contributed by atoms with Crippen LogP contribution in [0.2, 0.25) is 0 Å². The van der Waals surface area contributed by atoms with Crippen LogP contribution in [-0.2, 0) is 13.6 Å². The predicted octanol–water partition coefficient (Wildman–Crippen LogP) is 1.38. The Balaban J connectivity index is 1.78. The molecule has 6 heteroatoms. The van der Waals surface area contributed by atoms with Crippen molar-refractivity contribution in [1.82, 2.24) is 24.4 Å². The van der Waals surface area contributed by atoms with Gasteiger partial charge in [0.05, 0.1) is 6.20 Å². The lowest BCUT2D eigenvalue weighted by Crippen LogP contribution is -2.00. The van der Waals surface area contributed by atoms with Crippen molar-refractivity contribution in [1.29, 1.82) is 0 Å². The Kier molecular flexibility index (Phi) is 2.47. The first-order chi connectivity index (χ1) is 8.70. The van der Waals surface area contributed by atoms with E-state index in [1.54, 1.807) is 9.20 Å². The summed E-state index contributed by atoms with van der Waals surface area (Å²) in [7, 11) is 1.90. The van der Waals surface area contributed by atoms with Crippen LogP contribution < -0.4 is 5.32 Å². The number of nitrogens with one attached hydrogen (secondary N) is 1. The number of pyridine rings is 1. The summed E-state index contributed by atoms with van der Waals surface area (Å²) in [4.78, 5) is 4.41. The minimum absolute atomic E-state index is 0.629. The van der Waals surface area contributed by atoms with Crippen LogP contribution in [0.25, 0.3) is 5.65 Å². The molecule has 6 nitrogen and oxygen atoms in total. The maximum absolute atomic E-state index is 4.41. The highest BCUT2D eigenvalue weighted by molar-refractivity contribution is 5.45. The number of anilines is 1. The Morgan fingerprint density at radius 3 is 3.06 bits per heavy atom. The Bertz CT molecular complexity index is 681. The maximum atomic E-state index is 4.41. The van der Waals surface area contributed by atoms with Crippen molar-refractivity contribution in [3.05, 3.63) is 41.9 Å². The first kappa shape index (κ1) is 10.8. The summed E-state index contributed by atoms with van der Waals surface area (Å²) in [5, 5.41) is 11.6. The molecule has 3 aromatic heterocycles. The van der Waals surface area contributed by atoms with Crippen LogP contribution in [0, 0.1) is 6.92 Å². The zero-order valence-electron chi connectivity index (χ0n) is 10.3. The van der Waals surface area contributed by atoms with E-state index in [0.717, 1.165) is 11.2 Å². The van der Waals surface area contributed by atoms with Gasteiger partial charge in [-0.05, 0) is 24.6 Å². The molecule has 0 saturated carbocycles. The molecule has 0 fully saturated rings. The van der Waals surface area contributed by atoms with Crippen molar-refractivity contribution in [2.75, 3.05) is 5.32 Å². The molecule has 0 amide bonds. The molecule has 0 aliphatic rings. The zero-order chi connectivity index (χ0) is 12.5. The normalized spacial score (nSPS) is 11.0. The van der Waals surface area contributed by atoms with Gasteiger partial charge in [0.1, 0.15) is 0 Å². The molecular formula is C12H14N6. The summed E-state index contributed by atoms with van der Waals surface area (Å²) in [6.07, 6.45) is 5.70. The van der Waals surface area contributed by atoms with Crippen molar-refractivity contribution < 1.29 is 0 Å². The number of hydrogen-bond donors (Lipinski definition) is 1. The van der Waals surface area contributed by atoms with Gasteiger partial charge in [-0.25, -0.2) is 4.52 Å². The molecule has 0 aromatic carbocycles. The molecule has 18 heavy (non-hydrogen) atoms. The maximum Gasteiger partial charge on any atom is 0.243 e. The number of rotatable bonds is 3. The highest BCUT2D eigenvalue weighted by Gasteiger charge is 2.03. The second-order valence-electron chi connectivity index (χ2n) is 4.32. The van der Waals surface area contributed by atoms with Crippen LogP contribution in [-0.4, -0.2) is 24.4 Å². The number of aromatic nitrogens is 5. The first-order valence-electron chi connectivity index (χ1n) is 5.75. The predicted molar refractivity (Wildman–Crippen MR) is 68.3 cm³/mol. The van der Waals surface area contributed by atoms with Crippen molar-refractivity contribution in [2.24, 2.45) is 7.05 Å². The molecule has 0 unspecified atom stereocenters. The quantitative estimate of drug-likeness (QED) is 0.754. The van der Waals surface area contributed by atoms with Gasteiger partial charge in [-0.2, -0.15) is 10.1 Å². The van der Waals surface area contributed by atoms with Crippen molar-refractivity contribution in [3.8, 4) is 0 Å². The fourth-order valence-corrected chi connectivity index (χ4v) is 1.80. The topological polar surface area (TPSA) is 60.0 Å². The minimum Gasteiger partial charge on any atom is -0.349 e. The van der Waals surface area contributed by atoms with Gasteiger partial charge in [0, 0.05) is 31.5 Å². The highest BCUT2D eigenvalue weighted by atomic mass is 15.3. The van der Waals surface area contributed by atoms with Crippen LogP contribution in [0.15, 0.2) is 30.7 Å². The average molecular weight is 242 g/mol. The van der Waals surface area contributed by atoms with Gasteiger partial charge in [-0.15, -0.1) is 5.10 Å². The van der Waals surface area contributed by atoms with Gasteiger partial charge in [0.2, 0.25) is 5.95 Å². The Labute approximate surface area is 104 Å². The van der Waals surface area contributed by atoms with Gasteiger partial charge in [0.15, 0.2) is 5.65 Å². The Morgan fingerprint density at radius 2 is 2.28 bits per heavy atom. The molecule has 0 atom stereocenters. The third-order valence-corrected chi connectivity index (χ3v) is 2.70. The van der Waals surface area contributed by atoms with E-state index >= 15 is 0 Å². The number of hydrogen-bond acceptors (Lipinski definition) is 4. The summed E-state index contributed by atoms with van der Waals surface area (Å²) < 4.78 is 3.54. The minimum atomic E-state index is 0.629. The molecule has 0 radical (unpaired) electrons. The number of nitrogens with zero attached hydrogens (tertiary/aromatic N) is 5. The Morgan fingerprint density at radius 1 is 1.39 bits per heavy atom. The van der Waals surface area contributed by atoms with E-state index in [9.17, 15) is 0 Å². The molecule has 0 aliphatic heterocycles. The van der Waals surface area contributed by atoms with E-state index in [0.29, 0.717) is 12.5 Å². The van der Waals surface area contributed by atoms with E-state index in [4.69, 9.17) is 0 Å². The summed E-state index contributed by atoms with van der Waals surface area (Å²) in [5.41, 5.74) is 3.13. The van der Waals surface area contributed by atoms with Crippen LogP contribution in [0.1, 0.15) is 11.1 Å². The highest BCUT2D eigenvalue weighted by Crippen LogP contribution is 2.08. The van der Waals surface area contributed by atoms with Gasteiger partial charge >= 0.3 is 0 Å². The lowest BCUT2D eigenvalue weighted by Gasteiger charge is -1.96. The summed E-state index contributed by atoms with van der Waals surface area (Å²) in [5.74, 6) is 0.629. The fourth-order valence-electron chi connectivity index (χ4n) is 1.80. The molecule has 92 valence electrons. The van der Waals surface area contributed by atoms with Crippen molar-refractivity contribution in [3.63, 3.8) is 0 Å². The molecule has 3 aromatic rings. The first-order valence-corrected chi connectivity index (χ1v) is 5.75. The largest absolute Gasteiger partial charge is 0.349 e. The van der Waals surface area contributed by atoms with E-state index < -0.39 is 0 Å². The molecular weight excluding hydrogens is 228 g/mol. The second kappa shape index (κ2) is 4.14. The molecule has 0 aliphatic carbocycles. The molecule has 3 heterocycles. The van der Waals surface area contributed by atoms with Crippen LogP contribution in [0.5, 0.6) is 0 Å². The third kappa shape index (κ3) is 2.04. The zero-order valence-corrected chi connectivity index (χ0v) is 10.3. The van der Waals surface area contributed by atoms with Crippen LogP contribution >= 0.6 is 0 Å². The molecule has 0 saturated heterocycles. The monoisotopic (exact) mass is 242 g/mol. The van der Waals surface area contributed by atoms with Crippen LogP contribution in [0.4, 0.5) is 5.95 Å². The van der Waals surface area contributed by atoms with E-state index in [-0.39, 0.29) is 0 Å². The number of fused-ring (bicyclic) bond motifs is 1. The lowest BCUT2D eigenvalue weighted by atomic mass is 10.3. The molecule has 3 rings (SSSR count). The van der Waals surface area contributed by atoms with Crippen molar-refractivity contribution >= 4 is 11.6 Å². The summed E-state index contributed by atoms with van der Waals surface area (Å²) in [6, 6.07) is 4.01. The molecule has 0 spiro atoms. The van der Waals surface area contributed by atoms with Gasteiger partial charge < -0.3 is 5.32 Å². The number of aryl methyl sites for hydroxylation is 2. The Hall–Kier alpha value is -2.37. The van der Waals surface area contributed by atoms with Crippen molar-refractivity contribution in [2.45, 2.75) is 13.5 Å². The lowest BCUT2D eigenvalue weighted by molar-refractivity contribution is 0.767. The van der Waals surface area contributed by atoms with E-state index in [1.807, 2.05) is 44.7 Å². The molecule has 1 N–H and O–H groups in total. The smallest absolute Gasteiger partial charge is 0.243 e. The SMILES string of the molecule is Cc1ccn2nc(NCc3cnn(C)c3)nc2c1. The fraction of sp³-hybridized carbons (Fsp3) is 0.250. The average Bonchev–Trinajstić information content (AvgIpc) is 2.92.